The Morgan fingerprint density at radius 1 is 1.40 bits per heavy atom. The first-order chi connectivity index (χ1) is 9.40. The number of nitrogens with one attached hydrogen (secondary N) is 1. The fraction of sp³-hybridized carbons (Fsp3) is 0.467. The molecule has 1 rings (SSSR count). The highest BCUT2D eigenvalue weighted by atomic mass is 16.5. The van der Waals surface area contributed by atoms with E-state index in [1.807, 2.05) is 26.0 Å². The average Bonchev–Trinajstić information content (AvgIpc) is 2.32. The molecule has 0 aliphatic heterocycles. The van der Waals surface area contributed by atoms with Crippen molar-refractivity contribution in [1.82, 2.24) is 5.43 Å². The number of hydrogen-bond donors (Lipinski definition) is 2. The number of hydrazone groups is 1. The van der Waals surface area contributed by atoms with Crippen molar-refractivity contribution in [2.24, 2.45) is 16.8 Å². The predicted octanol–water partition coefficient (Wildman–Crippen LogP) is 2.73. The molecule has 0 bridgehead atoms. The Morgan fingerprint density at radius 3 is 2.50 bits per heavy atom. The lowest BCUT2D eigenvalue weighted by Crippen LogP contribution is -2.24. The zero-order chi connectivity index (χ0) is 15.1. The van der Waals surface area contributed by atoms with Gasteiger partial charge in [-0.1, -0.05) is 13.8 Å². The fourth-order valence-electron chi connectivity index (χ4n) is 1.79. The van der Waals surface area contributed by atoms with Crippen molar-refractivity contribution in [3.8, 4) is 5.75 Å². The van der Waals surface area contributed by atoms with Gasteiger partial charge in [-0.25, -0.2) is 10.2 Å². The summed E-state index contributed by atoms with van der Waals surface area (Å²) in [5, 5.41) is 3.79. The maximum Gasteiger partial charge on any atom is 0.332 e. The second-order valence-electron chi connectivity index (χ2n) is 5.24. The van der Waals surface area contributed by atoms with E-state index in [2.05, 4.69) is 24.4 Å². The number of carbonyl (C=O) groups excluding carboxylic acids is 1. The predicted molar refractivity (Wildman–Crippen MR) is 81.2 cm³/mol. The number of primary amides is 1. The molecule has 0 heterocycles. The van der Waals surface area contributed by atoms with Crippen LogP contribution >= 0.6 is 0 Å². The molecule has 0 aliphatic carbocycles. The van der Waals surface area contributed by atoms with E-state index in [4.69, 9.17) is 10.5 Å². The number of benzene rings is 1. The smallest absolute Gasteiger partial charge is 0.332 e. The van der Waals surface area contributed by atoms with Crippen LogP contribution in [0.15, 0.2) is 17.2 Å². The minimum Gasteiger partial charge on any atom is -0.494 e. The van der Waals surface area contributed by atoms with Crippen LogP contribution in [0.1, 0.15) is 37.0 Å². The van der Waals surface area contributed by atoms with E-state index >= 15 is 0 Å². The lowest BCUT2D eigenvalue weighted by molar-refractivity contribution is 0.249. The molecular formula is C15H23N3O2. The van der Waals surface area contributed by atoms with Gasteiger partial charge in [0.15, 0.2) is 0 Å². The zero-order valence-corrected chi connectivity index (χ0v) is 12.6. The van der Waals surface area contributed by atoms with Gasteiger partial charge in [-0.3, -0.25) is 0 Å². The molecule has 0 atom stereocenters. The van der Waals surface area contributed by atoms with Crippen LogP contribution in [0, 0.1) is 19.8 Å². The summed E-state index contributed by atoms with van der Waals surface area (Å²) in [6.07, 6.45) is 2.62. The average molecular weight is 277 g/mol. The highest BCUT2D eigenvalue weighted by Gasteiger charge is 2.05. The number of nitrogens with zero attached hydrogens (tertiary/aromatic N) is 1. The van der Waals surface area contributed by atoms with E-state index in [0.29, 0.717) is 12.5 Å². The van der Waals surface area contributed by atoms with E-state index in [1.165, 1.54) is 0 Å². The maximum absolute atomic E-state index is 10.6. The SMILES string of the molecule is Cc1cc(OCCC(C)C)cc(C)c1C=NNC(N)=O. The van der Waals surface area contributed by atoms with Gasteiger partial charge in [0.25, 0.3) is 0 Å². The molecular weight excluding hydrogens is 254 g/mol. The van der Waals surface area contributed by atoms with Crippen LogP contribution in [0.2, 0.25) is 0 Å². The Bertz CT molecular complexity index is 473. The lowest BCUT2D eigenvalue weighted by atomic mass is 10.0. The number of ether oxygens (including phenoxy) is 1. The standard InChI is InChI=1S/C15H23N3O2/c1-10(2)5-6-20-13-7-11(3)14(12(4)8-13)9-17-18-15(16)19/h7-10H,5-6H2,1-4H3,(H3,16,18,19). The van der Waals surface area contributed by atoms with Gasteiger partial charge in [-0.05, 0) is 49.4 Å². The first-order valence-electron chi connectivity index (χ1n) is 6.72. The van der Waals surface area contributed by atoms with E-state index < -0.39 is 6.03 Å². The molecule has 1 aromatic carbocycles. The normalized spacial score (nSPS) is 11.1. The van der Waals surface area contributed by atoms with Crippen LogP contribution in [0.3, 0.4) is 0 Å². The van der Waals surface area contributed by atoms with Gasteiger partial charge in [0.1, 0.15) is 5.75 Å². The van der Waals surface area contributed by atoms with Gasteiger partial charge in [0, 0.05) is 5.56 Å². The number of rotatable bonds is 6. The first kappa shape index (κ1) is 16.0. The highest BCUT2D eigenvalue weighted by Crippen LogP contribution is 2.21. The molecule has 0 saturated heterocycles. The van der Waals surface area contributed by atoms with E-state index in [9.17, 15) is 4.79 Å². The quantitative estimate of drug-likeness (QED) is 0.619. The van der Waals surface area contributed by atoms with Gasteiger partial charge in [0.2, 0.25) is 0 Å². The van der Waals surface area contributed by atoms with E-state index in [-0.39, 0.29) is 0 Å². The van der Waals surface area contributed by atoms with Crippen LogP contribution < -0.4 is 15.9 Å². The summed E-state index contributed by atoms with van der Waals surface area (Å²) in [4.78, 5) is 10.6. The third-order valence-corrected chi connectivity index (χ3v) is 2.90. The van der Waals surface area contributed by atoms with E-state index in [0.717, 1.165) is 28.9 Å². The van der Waals surface area contributed by atoms with Gasteiger partial charge in [0.05, 0.1) is 12.8 Å². The van der Waals surface area contributed by atoms with Gasteiger partial charge >= 0.3 is 6.03 Å². The molecule has 5 heteroatoms. The maximum atomic E-state index is 10.6. The first-order valence-corrected chi connectivity index (χ1v) is 6.72. The molecule has 5 nitrogen and oxygen atoms in total. The summed E-state index contributed by atoms with van der Waals surface area (Å²) in [6, 6.07) is 3.27. The molecule has 0 unspecified atom stereocenters. The monoisotopic (exact) mass is 277 g/mol. The minimum atomic E-state index is -0.676. The summed E-state index contributed by atoms with van der Waals surface area (Å²) in [7, 11) is 0. The minimum absolute atomic E-state index is 0.628. The molecule has 0 radical (unpaired) electrons. The molecule has 110 valence electrons. The van der Waals surface area contributed by atoms with Gasteiger partial charge in [-0.2, -0.15) is 5.10 Å². The van der Waals surface area contributed by atoms with Crippen LogP contribution in [-0.2, 0) is 0 Å². The number of hydrogen-bond acceptors (Lipinski definition) is 3. The molecule has 0 aromatic heterocycles. The molecule has 20 heavy (non-hydrogen) atoms. The molecule has 3 N–H and O–H groups in total. The Hall–Kier alpha value is -2.04. The van der Waals surface area contributed by atoms with Gasteiger partial charge in [-0.15, -0.1) is 0 Å². The lowest BCUT2D eigenvalue weighted by Gasteiger charge is -2.12. The summed E-state index contributed by atoms with van der Waals surface area (Å²) in [5.74, 6) is 1.49. The second-order valence-corrected chi connectivity index (χ2v) is 5.24. The van der Waals surface area contributed by atoms with Crippen molar-refractivity contribution in [3.63, 3.8) is 0 Å². The van der Waals surface area contributed by atoms with Crippen molar-refractivity contribution in [2.45, 2.75) is 34.1 Å². The van der Waals surface area contributed by atoms with Crippen LogP contribution in [0.5, 0.6) is 5.75 Å². The summed E-state index contributed by atoms with van der Waals surface area (Å²) >= 11 is 0. The third kappa shape index (κ3) is 5.30. The molecule has 2 amide bonds. The molecule has 0 fully saturated rings. The topological polar surface area (TPSA) is 76.7 Å². The Labute approximate surface area is 120 Å². The number of nitrogens with two attached hydrogens (primary N) is 1. The highest BCUT2D eigenvalue weighted by molar-refractivity contribution is 5.85. The van der Waals surface area contributed by atoms with Crippen molar-refractivity contribution in [3.05, 3.63) is 28.8 Å². The van der Waals surface area contributed by atoms with Crippen molar-refractivity contribution in [2.75, 3.05) is 6.61 Å². The molecule has 1 aromatic rings. The second kappa shape index (κ2) is 7.53. The number of carbonyl (C=O) groups is 1. The Balaban J connectivity index is 2.75. The zero-order valence-electron chi connectivity index (χ0n) is 12.6. The molecule has 0 saturated carbocycles. The number of aryl methyl sites for hydroxylation is 2. The molecule has 0 spiro atoms. The van der Waals surface area contributed by atoms with Crippen molar-refractivity contribution < 1.29 is 9.53 Å². The van der Waals surface area contributed by atoms with Crippen LogP contribution in [0.25, 0.3) is 0 Å². The number of urea groups is 1. The largest absolute Gasteiger partial charge is 0.494 e. The van der Waals surface area contributed by atoms with E-state index in [1.54, 1.807) is 6.21 Å². The third-order valence-electron chi connectivity index (χ3n) is 2.90. The summed E-state index contributed by atoms with van der Waals surface area (Å²) < 4.78 is 5.74. The summed E-state index contributed by atoms with van der Waals surface area (Å²) in [6.45, 7) is 9.02. The number of amides is 2. The van der Waals surface area contributed by atoms with Crippen molar-refractivity contribution >= 4 is 12.2 Å². The van der Waals surface area contributed by atoms with Gasteiger partial charge < -0.3 is 10.5 Å². The van der Waals surface area contributed by atoms with Crippen LogP contribution in [0.4, 0.5) is 4.79 Å². The molecule has 0 aliphatic rings. The van der Waals surface area contributed by atoms with Crippen molar-refractivity contribution in [1.29, 1.82) is 0 Å². The Kier molecular flexibility index (Phi) is 6.03. The summed E-state index contributed by atoms with van der Waals surface area (Å²) in [5.41, 5.74) is 10.2. The fourth-order valence-corrected chi connectivity index (χ4v) is 1.79. The van der Waals surface area contributed by atoms with Crippen LogP contribution in [-0.4, -0.2) is 18.9 Å². The Morgan fingerprint density at radius 2 is 2.00 bits per heavy atom.